The summed E-state index contributed by atoms with van der Waals surface area (Å²) < 4.78 is 0. The minimum Gasteiger partial charge on any atom is -0.384 e. The summed E-state index contributed by atoms with van der Waals surface area (Å²) in [7, 11) is 0. The molecule has 1 amide bonds. The monoisotopic (exact) mass is 211 g/mol. The number of carbonyl (C=O) groups is 1. The quantitative estimate of drug-likeness (QED) is 0.513. The molecule has 0 aromatic heterocycles. The summed E-state index contributed by atoms with van der Waals surface area (Å²) in [5.41, 5.74) is 6.32. The number of nitrogens with two attached hydrogens (primary N) is 1. The lowest BCUT2D eigenvalue weighted by molar-refractivity contribution is -0.114. The van der Waals surface area contributed by atoms with Crippen molar-refractivity contribution in [3.8, 4) is 0 Å². The van der Waals surface area contributed by atoms with Crippen LogP contribution >= 0.6 is 11.6 Å². The van der Waals surface area contributed by atoms with Crippen LogP contribution in [0, 0.1) is 5.41 Å². The van der Waals surface area contributed by atoms with Crippen molar-refractivity contribution in [3.63, 3.8) is 0 Å². The molecule has 0 saturated heterocycles. The molecule has 1 aromatic rings. The number of amides is 1. The van der Waals surface area contributed by atoms with Gasteiger partial charge in [0.1, 0.15) is 5.84 Å². The van der Waals surface area contributed by atoms with E-state index in [0.29, 0.717) is 16.3 Å². The van der Waals surface area contributed by atoms with E-state index >= 15 is 0 Å². The molecule has 5 heteroatoms. The predicted octanol–water partition coefficient (Wildman–Crippen LogP) is 1.58. The highest BCUT2D eigenvalue weighted by Crippen LogP contribution is 2.22. The molecule has 0 aliphatic carbocycles. The molecular weight excluding hydrogens is 202 g/mol. The summed E-state index contributed by atoms with van der Waals surface area (Å²) in [5.74, 6) is -0.247. The molecule has 1 rings (SSSR count). The third kappa shape index (κ3) is 2.47. The Kier molecular flexibility index (Phi) is 3.09. The number of rotatable bonds is 2. The molecule has 0 spiro atoms. The minimum atomic E-state index is -0.192. The van der Waals surface area contributed by atoms with Crippen molar-refractivity contribution in [2.75, 3.05) is 5.32 Å². The first-order chi connectivity index (χ1) is 6.50. The Hall–Kier alpha value is -1.55. The number of benzene rings is 1. The maximum Gasteiger partial charge on any atom is 0.221 e. The molecule has 0 fully saturated rings. The van der Waals surface area contributed by atoms with Gasteiger partial charge in [0.25, 0.3) is 0 Å². The lowest BCUT2D eigenvalue weighted by Crippen LogP contribution is -2.12. The van der Waals surface area contributed by atoms with E-state index in [1.165, 1.54) is 13.0 Å². The van der Waals surface area contributed by atoms with Crippen molar-refractivity contribution in [3.05, 3.63) is 28.8 Å². The molecule has 4 nitrogen and oxygen atoms in total. The molecule has 14 heavy (non-hydrogen) atoms. The standard InChI is InChI=1S/C9H10ClN3O/c1-5(14)13-8-3-2-6(9(11)12)4-7(8)10/h2-4H,1H3,(H3,11,12)(H,13,14). The fourth-order valence-corrected chi connectivity index (χ4v) is 1.20. The fourth-order valence-electron chi connectivity index (χ4n) is 0.974. The third-order valence-corrected chi connectivity index (χ3v) is 1.90. The third-order valence-electron chi connectivity index (χ3n) is 1.59. The van der Waals surface area contributed by atoms with Crippen molar-refractivity contribution >= 4 is 29.0 Å². The van der Waals surface area contributed by atoms with E-state index in [9.17, 15) is 4.79 Å². The van der Waals surface area contributed by atoms with Crippen LogP contribution in [0.15, 0.2) is 18.2 Å². The van der Waals surface area contributed by atoms with E-state index in [0.717, 1.165) is 0 Å². The first-order valence-electron chi connectivity index (χ1n) is 3.92. The number of nitrogens with one attached hydrogen (secondary N) is 2. The molecule has 74 valence electrons. The number of anilines is 1. The zero-order chi connectivity index (χ0) is 10.7. The van der Waals surface area contributed by atoms with Crippen molar-refractivity contribution in [1.82, 2.24) is 0 Å². The molecule has 0 unspecified atom stereocenters. The van der Waals surface area contributed by atoms with E-state index in [-0.39, 0.29) is 11.7 Å². The highest BCUT2D eigenvalue weighted by atomic mass is 35.5. The van der Waals surface area contributed by atoms with Crippen LogP contribution in [-0.4, -0.2) is 11.7 Å². The van der Waals surface area contributed by atoms with Crippen molar-refractivity contribution in [2.45, 2.75) is 6.92 Å². The SMILES string of the molecule is CC(=O)Nc1ccc(C(=N)N)cc1Cl. The van der Waals surface area contributed by atoms with Crippen molar-refractivity contribution in [2.24, 2.45) is 5.73 Å². The number of hydrogen-bond donors (Lipinski definition) is 3. The lowest BCUT2D eigenvalue weighted by atomic mass is 10.2. The molecule has 0 saturated carbocycles. The largest absolute Gasteiger partial charge is 0.384 e. The molecule has 0 bridgehead atoms. The number of hydrogen-bond acceptors (Lipinski definition) is 2. The van der Waals surface area contributed by atoms with Gasteiger partial charge >= 0.3 is 0 Å². The van der Waals surface area contributed by atoms with Crippen LogP contribution in [0.2, 0.25) is 5.02 Å². The summed E-state index contributed by atoms with van der Waals surface area (Å²) >= 11 is 5.85. The van der Waals surface area contributed by atoms with Gasteiger partial charge in [-0.05, 0) is 18.2 Å². The Morgan fingerprint density at radius 3 is 2.64 bits per heavy atom. The lowest BCUT2D eigenvalue weighted by Gasteiger charge is -2.06. The zero-order valence-corrected chi connectivity index (χ0v) is 8.35. The Morgan fingerprint density at radius 1 is 1.57 bits per heavy atom. The maximum atomic E-state index is 10.7. The molecular formula is C9H10ClN3O. The number of carbonyl (C=O) groups excluding carboxylic acids is 1. The molecule has 0 aliphatic rings. The van der Waals surface area contributed by atoms with Crippen molar-refractivity contribution in [1.29, 1.82) is 5.41 Å². The number of halogens is 1. The van der Waals surface area contributed by atoms with Crippen LogP contribution < -0.4 is 11.1 Å². The summed E-state index contributed by atoms with van der Waals surface area (Å²) in [5, 5.41) is 10.1. The van der Waals surface area contributed by atoms with Gasteiger partial charge in [-0.15, -0.1) is 0 Å². The Morgan fingerprint density at radius 2 is 2.21 bits per heavy atom. The maximum absolute atomic E-state index is 10.7. The van der Waals surface area contributed by atoms with Gasteiger partial charge in [-0.2, -0.15) is 0 Å². The van der Waals surface area contributed by atoms with Gasteiger partial charge < -0.3 is 11.1 Å². The molecule has 0 aliphatic heterocycles. The van der Waals surface area contributed by atoms with Gasteiger partial charge in [0.2, 0.25) is 5.91 Å². The predicted molar refractivity (Wildman–Crippen MR) is 56.8 cm³/mol. The fraction of sp³-hybridized carbons (Fsp3) is 0.111. The molecule has 1 aromatic carbocycles. The molecule has 0 atom stereocenters. The summed E-state index contributed by atoms with van der Waals surface area (Å²) in [6, 6.07) is 4.77. The minimum absolute atomic E-state index is 0.0544. The van der Waals surface area contributed by atoms with E-state index < -0.39 is 0 Å². The Bertz CT molecular complexity index is 390. The average Bonchev–Trinajstić information content (AvgIpc) is 2.07. The first kappa shape index (κ1) is 10.5. The highest BCUT2D eigenvalue weighted by Gasteiger charge is 2.04. The van der Waals surface area contributed by atoms with E-state index in [4.69, 9.17) is 22.7 Å². The summed E-state index contributed by atoms with van der Waals surface area (Å²) in [6.07, 6.45) is 0. The Labute approximate surface area is 86.6 Å². The second-order valence-electron chi connectivity index (χ2n) is 2.79. The van der Waals surface area contributed by atoms with E-state index in [1.807, 2.05) is 0 Å². The van der Waals surface area contributed by atoms with Crippen LogP contribution in [0.3, 0.4) is 0 Å². The van der Waals surface area contributed by atoms with Crippen LogP contribution in [-0.2, 0) is 4.79 Å². The van der Waals surface area contributed by atoms with Crippen LogP contribution in [0.25, 0.3) is 0 Å². The Balaban J connectivity index is 3.01. The molecule has 4 N–H and O–H groups in total. The number of nitrogen functional groups attached to an aromatic ring is 1. The van der Waals surface area contributed by atoms with E-state index in [1.54, 1.807) is 12.1 Å². The first-order valence-corrected chi connectivity index (χ1v) is 4.30. The van der Waals surface area contributed by atoms with E-state index in [2.05, 4.69) is 5.32 Å². The second kappa shape index (κ2) is 4.11. The van der Waals surface area contributed by atoms with Crippen molar-refractivity contribution < 1.29 is 4.79 Å². The van der Waals surface area contributed by atoms with Crippen LogP contribution in [0.1, 0.15) is 12.5 Å². The van der Waals surface area contributed by atoms with Gasteiger partial charge in [-0.1, -0.05) is 11.6 Å². The van der Waals surface area contributed by atoms with Gasteiger partial charge in [-0.25, -0.2) is 0 Å². The van der Waals surface area contributed by atoms with Crippen LogP contribution in [0.4, 0.5) is 5.69 Å². The normalized spacial score (nSPS) is 9.57. The summed E-state index contributed by atoms with van der Waals surface area (Å²) in [6.45, 7) is 1.40. The zero-order valence-electron chi connectivity index (χ0n) is 7.60. The van der Waals surface area contributed by atoms with Gasteiger partial charge in [-0.3, -0.25) is 10.2 Å². The second-order valence-corrected chi connectivity index (χ2v) is 3.20. The van der Waals surface area contributed by atoms with Gasteiger partial charge in [0, 0.05) is 12.5 Å². The molecule has 0 heterocycles. The average molecular weight is 212 g/mol. The van der Waals surface area contributed by atoms with Gasteiger partial charge in [0.05, 0.1) is 10.7 Å². The van der Waals surface area contributed by atoms with Gasteiger partial charge in [0.15, 0.2) is 0 Å². The summed E-state index contributed by atoms with van der Waals surface area (Å²) in [4.78, 5) is 10.7. The van der Waals surface area contributed by atoms with Crippen LogP contribution in [0.5, 0.6) is 0 Å². The topological polar surface area (TPSA) is 79.0 Å². The smallest absolute Gasteiger partial charge is 0.221 e. The highest BCUT2D eigenvalue weighted by molar-refractivity contribution is 6.34. The number of amidine groups is 1. The molecule has 0 radical (unpaired) electrons.